The second-order valence-electron chi connectivity index (χ2n) is 5.16. The number of methoxy groups -OCH3 is 1. The van der Waals surface area contributed by atoms with Gasteiger partial charge in [0.05, 0.1) is 13.7 Å². The van der Waals surface area contributed by atoms with Gasteiger partial charge in [0.2, 0.25) is 0 Å². The fraction of sp³-hybridized carbons (Fsp3) is 0.471. The molecule has 2 rings (SSSR count). The molecule has 0 amide bonds. The van der Waals surface area contributed by atoms with Crippen molar-refractivity contribution in [3.63, 3.8) is 0 Å². The maximum atomic E-state index is 5.21. The largest absolute Gasteiger partial charge is 0.497 e. The molecule has 0 bridgehead atoms. The minimum Gasteiger partial charge on any atom is -0.497 e. The van der Waals surface area contributed by atoms with E-state index in [0.29, 0.717) is 6.54 Å². The summed E-state index contributed by atoms with van der Waals surface area (Å²) in [5.41, 5.74) is 1.24. The second-order valence-corrected chi connectivity index (χ2v) is 5.16. The molecule has 5 heteroatoms. The van der Waals surface area contributed by atoms with Gasteiger partial charge in [-0.2, -0.15) is 0 Å². The van der Waals surface area contributed by atoms with Gasteiger partial charge in [-0.15, -0.1) is 6.58 Å². The van der Waals surface area contributed by atoms with Gasteiger partial charge in [0, 0.05) is 38.4 Å². The maximum absolute atomic E-state index is 5.21. The lowest BCUT2D eigenvalue weighted by Gasteiger charge is -2.37. The Morgan fingerprint density at radius 2 is 1.95 bits per heavy atom. The molecule has 1 aromatic rings. The molecule has 1 fully saturated rings. The number of hydrogen-bond acceptors (Lipinski definition) is 3. The Morgan fingerprint density at radius 1 is 1.27 bits per heavy atom. The van der Waals surface area contributed by atoms with Gasteiger partial charge in [0.1, 0.15) is 5.75 Å². The number of nitrogens with zero attached hydrogens (tertiary/aromatic N) is 3. The maximum Gasteiger partial charge on any atom is 0.194 e. The van der Waals surface area contributed by atoms with Crippen molar-refractivity contribution in [2.45, 2.75) is 6.92 Å². The number of benzene rings is 1. The van der Waals surface area contributed by atoms with Crippen LogP contribution in [0.3, 0.4) is 0 Å². The van der Waals surface area contributed by atoms with Crippen LogP contribution >= 0.6 is 0 Å². The number of ether oxygens (including phenoxy) is 1. The van der Waals surface area contributed by atoms with E-state index in [1.165, 1.54) is 5.69 Å². The van der Waals surface area contributed by atoms with E-state index >= 15 is 0 Å². The number of hydrogen-bond donors (Lipinski definition) is 1. The SMILES string of the molecule is C=CCN=C(NCC)N1CCN(c2ccc(OC)cc2)CC1. The number of piperazine rings is 1. The van der Waals surface area contributed by atoms with Gasteiger partial charge in [0.15, 0.2) is 5.96 Å². The molecule has 0 aliphatic carbocycles. The monoisotopic (exact) mass is 302 g/mol. The molecule has 1 aliphatic heterocycles. The van der Waals surface area contributed by atoms with Gasteiger partial charge in [-0.3, -0.25) is 0 Å². The van der Waals surface area contributed by atoms with Crippen LogP contribution in [0.15, 0.2) is 41.9 Å². The van der Waals surface area contributed by atoms with E-state index in [1.54, 1.807) is 7.11 Å². The van der Waals surface area contributed by atoms with Crippen molar-refractivity contribution in [3.05, 3.63) is 36.9 Å². The highest BCUT2D eigenvalue weighted by Gasteiger charge is 2.19. The normalized spacial score (nSPS) is 15.6. The fourth-order valence-electron chi connectivity index (χ4n) is 2.55. The summed E-state index contributed by atoms with van der Waals surface area (Å²) in [6.45, 7) is 11.3. The third kappa shape index (κ3) is 4.16. The zero-order valence-corrected chi connectivity index (χ0v) is 13.6. The summed E-state index contributed by atoms with van der Waals surface area (Å²) in [7, 11) is 1.69. The van der Waals surface area contributed by atoms with E-state index in [2.05, 4.69) is 45.7 Å². The quantitative estimate of drug-likeness (QED) is 0.513. The molecular formula is C17H26N4O. The van der Waals surface area contributed by atoms with Crippen molar-refractivity contribution in [1.29, 1.82) is 0 Å². The Labute approximate surface area is 133 Å². The first-order chi connectivity index (χ1) is 10.8. The van der Waals surface area contributed by atoms with Crippen LogP contribution in [0.2, 0.25) is 0 Å². The lowest BCUT2D eigenvalue weighted by molar-refractivity contribution is 0.373. The molecule has 0 aromatic heterocycles. The number of guanidine groups is 1. The van der Waals surface area contributed by atoms with Crippen LogP contribution < -0.4 is 15.0 Å². The van der Waals surface area contributed by atoms with Crippen molar-refractivity contribution in [2.75, 3.05) is 51.3 Å². The molecular weight excluding hydrogens is 276 g/mol. The first-order valence-electron chi connectivity index (χ1n) is 7.81. The second kappa shape index (κ2) is 8.32. The summed E-state index contributed by atoms with van der Waals surface area (Å²) in [6.07, 6.45) is 1.82. The van der Waals surface area contributed by atoms with Gasteiger partial charge >= 0.3 is 0 Å². The molecule has 120 valence electrons. The lowest BCUT2D eigenvalue weighted by Crippen LogP contribution is -2.52. The average Bonchev–Trinajstić information content (AvgIpc) is 2.59. The number of nitrogens with one attached hydrogen (secondary N) is 1. The molecule has 0 spiro atoms. The highest BCUT2D eigenvalue weighted by atomic mass is 16.5. The molecule has 0 saturated carbocycles. The van der Waals surface area contributed by atoms with Crippen LogP contribution in [0.5, 0.6) is 5.75 Å². The van der Waals surface area contributed by atoms with E-state index in [4.69, 9.17) is 4.74 Å². The zero-order valence-electron chi connectivity index (χ0n) is 13.6. The minimum atomic E-state index is 0.654. The van der Waals surface area contributed by atoms with Crippen LogP contribution in [-0.4, -0.2) is 57.2 Å². The summed E-state index contributed by atoms with van der Waals surface area (Å²) in [5.74, 6) is 1.88. The highest BCUT2D eigenvalue weighted by molar-refractivity contribution is 5.80. The Hall–Kier alpha value is -2.17. The standard InChI is InChI=1S/C17H26N4O/c1-4-10-19-17(18-5-2)21-13-11-20(12-14-21)15-6-8-16(22-3)9-7-15/h4,6-9H,1,5,10-14H2,2-3H3,(H,18,19). The van der Waals surface area contributed by atoms with Gasteiger partial charge in [-0.25, -0.2) is 4.99 Å². The van der Waals surface area contributed by atoms with Crippen molar-refractivity contribution < 1.29 is 4.74 Å². The highest BCUT2D eigenvalue weighted by Crippen LogP contribution is 2.20. The third-order valence-electron chi connectivity index (χ3n) is 3.72. The van der Waals surface area contributed by atoms with Crippen LogP contribution in [0.1, 0.15) is 6.92 Å². The smallest absolute Gasteiger partial charge is 0.194 e. The number of anilines is 1. The zero-order chi connectivity index (χ0) is 15.8. The van der Waals surface area contributed by atoms with E-state index in [9.17, 15) is 0 Å². The molecule has 1 aliphatic rings. The predicted molar refractivity (Wildman–Crippen MR) is 93.0 cm³/mol. The fourth-order valence-corrected chi connectivity index (χ4v) is 2.55. The van der Waals surface area contributed by atoms with E-state index < -0.39 is 0 Å². The molecule has 1 aromatic carbocycles. The lowest BCUT2D eigenvalue weighted by atomic mass is 10.2. The molecule has 22 heavy (non-hydrogen) atoms. The van der Waals surface area contributed by atoms with Crippen molar-refractivity contribution in [2.24, 2.45) is 4.99 Å². The summed E-state index contributed by atoms with van der Waals surface area (Å²) in [4.78, 5) is 9.26. The molecule has 0 unspecified atom stereocenters. The van der Waals surface area contributed by atoms with E-state index in [1.807, 2.05) is 18.2 Å². The van der Waals surface area contributed by atoms with Crippen LogP contribution in [-0.2, 0) is 0 Å². The third-order valence-corrected chi connectivity index (χ3v) is 3.72. The first kappa shape index (κ1) is 16.2. The predicted octanol–water partition coefficient (Wildman–Crippen LogP) is 1.97. The Bertz CT molecular complexity index is 490. The topological polar surface area (TPSA) is 40.1 Å². The number of rotatable bonds is 5. The average molecular weight is 302 g/mol. The molecule has 0 radical (unpaired) electrons. The van der Waals surface area contributed by atoms with E-state index in [-0.39, 0.29) is 0 Å². The molecule has 0 atom stereocenters. The van der Waals surface area contributed by atoms with Crippen molar-refractivity contribution >= 4 is 11.6 Å². The molecule has 5 nitrogen and oxygen atoms in total. The van der Waals surface area contributed by atoms with Crippen molar-refractivity contribution in [1.82, 2.24) is 10.2 Å². The molecule has 1 heterocycles. The summed E-state index contributed by atoms with van der Waals surface area (Å²) >= 11 is 0. The van der Waals surface area contributed by atoms with Crippen molar-refractivity contribution in [3.8, 4) is 5.75 Å². The van der Waals surface area contributed by atoms with Gasteiger partial charge in [-0.1, -0.05) is 6.08 Å². The molecule has 1 N–H and O–H groups in total. The van der Waals surface area contributed by atoms with Crippen LogP contribution in [0.4, 0.5) is 5.69 Å². The summed E-state index contributed by atoms with van der Waals surface area (Å²) in [5, 5.41) is 3.35. The van der Waals surface area contributed by atoms with Gasteiger partial charge < -0.3 is 19.9 Å². The minimum absolute atomic E-state index is 0.654. The first-order valence-corrected chi connectivity index (χ1v) is 7.81. The summed E-state index contributed by atoms with van der Waals surface area (Å²) < 4.78 is 5.21. The van der Waals surface area contributed by atoms with Crippen LogP contribution in [0, 0.1) is 0 Å². The Balaban J connectivity index is 1.94. The Morgan fingerprint density at radius 3 is 2.50 bits per heavy atom. The van der Waals surface area contributed by atoms with E-state index in [0.717, 1.165) is 44.4 Å². The van der Waals surface area contributed by atoms with Crippen LogP contribution in [0.25, 0.3) is 0 Å². The molecule has 1 saturated heterocycles. The van der Waals surface area contributed by atoms with Gasteiger partial charge in [-0.05, 0) is 31.2 Å². The number of aliphatic imine (C=N–C) groups is 1. The summed E-state index contributed by atoms with van der Waals surface area (Å²) in [6, 6.07) is 8.26. The Kier molecular flexibility index (Phi) is 6.13. The van der Waals surface area contributed by atoms with Gasteiger partial charge in [0.25, 0.3) is 0 Å².